The van der Waals surface area contributed by atoms with Crippen LogP contribution in [0.1, 0.15) is 44.7 Å². The Morgan fingerprint density at radius 2 is 1.62 bits per heavy atom. The Bertz CT molecular complexity index is 1210. The van der Waals surface area contributed by atoms with Crippen molar-refractivity contribution in [2.24, 2.45) is 5.73 Å². The van der Waals surface area contributed by atoms with E-state index in [1.54, 1.807) is 39.0 Å². The van der Waals surface area contributed by atoms with Crippen molar-refractivity contribution < 1.29 is 43.3 Å². The lowest BCUT2D eigenvalue weighted by atomic mass is 10.0. The Morgan fingerprint density at radius 3 is 2.20 bits per heavy atom. The molecule has 12 nitrogen and oxygen atoms in total. The highest BCUT2D eigenvalue weighted by molar-refractivity contribution is 9.10. The summed E-state index contributed by atoms with van der Waals surface area (Å²) in [4.78, 5) is 60.1. The minimum atomic E-state index is -1.40. The molecular weight excluding hydrogens is 590 g/mol. The number of alkyl carbamates (subject to hydrolysis) is 1. The highest BCUT2D eigenvalue weighted by atomic mass is 79.9. The molecule has 40 heavy (non-hydrogen) atoms. The lowest BCUT2D eigenvalue weighted by Gasteiger charge is -2.24. The van der Waals surface area contributed by atoms with Crippen LogP contribution in [0.3, 0.4) is 0 Å². The summed E-state index contributed by atoms with van der Waals surface area (Å²) in [5, 5.41) is 14.2. The maximum Gasteiger partial charge on any atom is 0.514 e. The van der Waals surface area contributed by atoms with Crippen molar-refractivity contribution in [3.05, 3.63) is 64.1 Å². The molecule has 0 saturated heterocycles. The van der Waals surface area contributed by atoms with Gasteiger partial charge in [0.1, 0.15) is 30.0 Å². The fourth-order valence-electron chi connectivity index (χ4n) is 3.28. The van der Waals surface area contributed by atoms with Gasteiger partial charge in [-0.1, -0.05) is 46.3 Å². The Hall–Kier alpha value is -4.13. The van der Waals surface area contributed by atoms with Crippen molar-refractivity contribution in [2.45, 2.75) is 64.3 Å². The van der Waals surface area contributed by atoms with Crippen LogP contribution in [0.4, 0.5) is 9.59 Å². The smallest absolute Gasteiger partial charge is 0.480 e. The van der Waals surface area contributed by atoms with Gasteiger partial charge in [0, 0.05) is 22.9 Å². The lowest BCUT2D eigenvalue weighted by Crippen LogP contribution is -2.53. The summed E-state index contributed by atoms with van der Waals surface area (Å²) in [6.07, 6.45) is -2.33. The zero-order chi connectivity index (χ0) is 29.9. The fourth-order valence-corrected chi connectivity index (χ4v) is 3.68. The van der Waals surface area contributed by atoms with E-state index in [0.29, 0.717) is 5.56 Å². The van der Waals surface area contributed by atoms with Crippen molar-refractivity contribution in [1.82, 2.24) is 10.6 Å². The minimum absolute atomic E-state index is 0.00223. The molecule has 2 atom stereocenters. The number of carboxylic acids is 1. The Morgan fingerprint density at radius 1 is 0.975 bits per heavy atom. The van der Waals surface area contributed by atoms with E-state index >= 15 is 0 Å². The molecule has 216 valence electrons. The molecule has 5 N–H and O–H groups in total. The highest BCUT2D eigenvalue weighted by Gasteiger charge is 2.28. The van der Waals surface area contributed by atoms with Crippen molar-refractivity contribution in [3.63, 3.8) is 0 Å². The zero-order valence-corrected chi connectivity index (χ0v) is 23.9. The first-order valence-electron chi connectivity index (χ1n) is 12.2. The molecule has 0 fully saturated rings. The molecule has 2 aromatic rings. The second kappa shape index (κ2) is 14.9. The number of benzene rings is 2. The number of nitrogens with one attached hydrogen (secondary N) is 2. The van der Waals surface area contributed by atoms with Gasteiger partial charge in [-0.3, -0.25) is 9.59 Å². The predicted octanol–water partition coefficient (Wildman–Crippen LogP) is 3.44. The van der Waals surface area contributed by atoms with Crippen LogP contribution in [0.5, 0.6) is 5.75 Å². The van der Waals surface area contributed by atoms with Crippen LogP contribution in [-0.4, -0.2) is 52.8 Å². The van der Waals surface area contributed by atoms with Gasteiger partial charge in [-0.2, -0.15) is 0 Å². The number of carboxylic acid groups (broad SMARTS) is 1. The van der Waals surface area contributed by atoms with Crippen molar-refractivity contribution in [3.8, 4) is 5.75 Å². The van der Waals surface area contributed by atoms with E-state index in [-0.39, 0.29) is 31.6 Å². The topological polar surface area (TPSA) is 183 Å². The summed E-state index contributed by atoms with van der Waals surface area (Å²) < 4.78 is 16.3. The van der Waals surface area contributed by atoms with E-state index < -0.39 is 47.7 Å². The molecule has 13 heteroatoms. The average Bonchev–Trinajstić information content (AvgIpc) is 2.85. The van der Waals surface area contributed by atoms with Gasteiger partial charge in [0.2, 0.25) is 11.8 Å². The first kappa shape index (κ1) is 32.1. The molecule has 0 saturated carbocycles. The largest absolute Gasteiger partial charge is 0.514 e. The number of nitrogens with two attached hydrogens (primary N) is 1. The Balaban J connectivity index is 2.08. The Labute approximate surface area is 239 Å². The third-order valence-corrected chi connectivity index (χ3v) is 5.94. The molecule has 3 amide bonds. The standard InChI is InChI=1S/C27H32BrN3O9/c1-27(2,3)40-25(36)31-21(23(33)30-20(24(34)35)12-13-22(29)32)14-16-8-10-18(11-9-16)39-26(37)38-15-17-6-4-5-7-19(17)28/h4-11,20-21H,12-15H2,1-3H3,(H2,29,32)(H,30,33)(H,31,36)(H,34,35)/t20-,21-/m0/s1. The fraction of sp³-hybridized carbons (Fsp3) is 0.370. The van der Waals surface area contributed by atoms with E-state index in [0.717, 1.165) is 10.0 Å². The van der Waals surface area contributed by atoms with Crippen molar-refractivity contribution in [2.75, 3.05) is 0 Å². The number of carbonyl (C=O) groups is 5. The molecule has 0 unspecified atom stereocenters. The van der Waals surface area contributed by atoms with Crippen LogP contribution < -0.4 is 21.1 Å². The summed E-state index contributed by atoms with van der Waals surface area (Å²) in [6.45, 7) is 4.94. The number of primary amides is 1. The van der Waals surface area contributed by atoms with Gasteiger partial charge in [-0.15, -0.1) is 0 Å². The SMILES string of the molecule is CC(C)(C)OC(=O)N[C@@H](Cc1ccc(OC(=O)OCc2ccccc2Br)cc1)C(=O)N[C@@H](CCC(N)=O)C(=O)O. The highest BCUT2D eigenvalue weighted by Crippen LogP contribution is 2.18. The number of amides is 3. The number of halogens is 1. The molecule has 0 bridgehead atoms. The van der Waals surface area contributed by atoms with Crippen molar-refractivity contribution in [1.29, 1.82) is 0 Å². The van der Waals surface area contributed by atoms with Gasteiger partial charge in [-0.05, 0) is 51.0 Å². The molecule has 0 aliphatic rings. The van der Waals surface area contributed by atoms with Crippen LogP contribution in [0.2, 0.25) is 0 Å². The van der Waals surface area contributed by atoms with Crippen LogP contribution in [-0.2, 0) is 36.9 Å². The number of hydrogen-bond acceptors (Lipinski definition) is 8. The second-order valence-electron chi connectivity index (χ2n) is 9.68. The third-order valence-electron chi connectivity index (χ3n) is 5.17. The number of carbonyl (C=O) groups excluding carboxylic acids is 4. The van der Waals surface area contributed by atoms with Gasteiger partial charge in [-0.25, -0.2) is 14.4 Å². The zero-order valence-electron chi connectivity index (χ0n) is 22.3. The minimum Gasteiger partial charge on any atom is -0.480 e. The molecule has 0 heterocycles. The molecular formula is C27H32BrN3O9. The number of ether oxygens (including phenoxy) is 3. The predicted molar refractivity (Wildman–Crippen MR) is 146 cm³/mol. The van der Waals surface area contributed by atoms with Gasteiger partial charge in [0.25, 0.3) is 0 Å². The summed E-state index contributed by atoms with van der Waals surface area (Å²) in [5.41, 5.74) is 5.55. The first-order chi connectivity index (χ1) is 18.7. The second-order valence-corrected chi connectivity index (χ2v) is 10.5. The summed E-state index contributed by atoms with van der Waals surface area (Å²) in [7, 11) is 0. The third kappa shape index (κ3) is 11.7. The summed E-state index contributed by atoms with van der Waals surface area (Å²) in [6, 6.07) is 10.7. The number of rotatable bonds is 12. The van der Waals surface area contributed by atoms with E-state index in [1.807, 2.05) is 18.2 Å². The average molecular weight is 622 g/mol. The van der Waals surface area contributed by atoms with Crippen LogP contribution >= 0.6 is 15.9 Å². The molecule has 2 aromatic carbocycles. The van der Waals surface area contributed by atoms with Gasteiger partial charge < -0.3 is 35.7 Å². The van der Waals surface area contributed by atoms with Crippen LogP contribution in [0.25, 0.3) is 0 Å². The monoisotopic (exact) mass is 621 g/mol. The van der Waals surface area contributed by atoms with Gasteiger partial charge in [0.15, 0.2) is 0 Å². The molecule has 0 radical (unpaired) electrons. The maximum absolute atomic E-state index is 13.0. The van der Waals surface area contributed by atoms with Gasteiger partial charge >= 0.3 is 18.2 Å². The first-order valence-corrected chi connectivity index (χ1v) is 13.0. The van der Waals surface area contributed by atoms with Crippen LogP contribution in [0, 0.1) is 0 Å². The van der Waals surface area contributed by atoms with E-state index in [9.17, 15) is 29.1 Å². The quantitative estimate of drug-likeness (QED) is 0.203. The molecule has 0 aromatic heterocycles. The number of hydrogen-bond donors (Lipinski definition) is 4. The molecule has 0 aliphatic carbocycles. The van der Waals surface area contributed by atoms with E-state index in [1.165, 1.54) is 12.1 Å². The molecule has 0 aliphatic heterocycles. The van der Waals surface area contributed by atoms with E-state index in [4.69, 9.17) is 19.9 Å². The van der Waals surface area contributed by atoms with Crippen LogP contribution in [0.15, 0.2) is 53.0 Å². The molecule has 0 spiro atoms. The Kier molecular flexibility index (Phi) is 11.9. The van der Waals surface area contributed by atoms with Gasteiger partial charge in [0.05, 0.1) is 0 Å². The normalized spacial score (nSPS) is 12.4. The molecule has 2 rings (SSSR count). The summed E-state index contributed by atoms with van der Waals surface area (Å²) in [5.74, 6) is -2.71. The maximum atomic E-state index is 13.0. The lowest BCUT2D eigenvalue weighted by molar-refractivity contribution is -0.142. The van der Waals surface area contributed by atoms with E-state index in [2.05, 4.69) is 26.6 Å². The van der Waals surface area contributed by atoms with Crippen molar-refractivity contribution >= 4 is 46.0 Å². The summed E-state index contributed by atoms with van der Waals surface area (Å²) >= 11 is 3.37. The number of aliphatic carboxylic acids is 1.